The number of aliphatic carboxylic acids is 1. The van der Waals surface area contributed by atoms with Crippen molar-refractivity contribution >= 4 is 17.9 Å². The van der Waals surface area contributed by atoms with Crippen molar-refractivity contribution in [2.45, 2.75) is 38.1 Å². The van der Waals surface area contributed by atoms with Crippen molar-refractivity contribution in [3.8, 4) is 0 Å². The third-order valence-corrected chi connectivity index (χ3v) is 5.09. The minimum atomic E-state index is -0.863. The van der Waals surface area contributed by atoms with E-state index >= 15 is 0 Å². The number of urea groups is 1. The van der Waals surface area contributed by atoms with Crippen LogP contribution in [0.2, 0.25) is 0 Å². The molecule has 116 valence electrons. The normalized spacial score (nSPS) is 27.4. The third kappa shape index (κ3) is 2.45. The second kappa shape index (κ2) is 5.20. The number of nitrogens with zero attached hydrogens (tertiary/aromatic N) is 2. The number of nitrogens with one attached hydrogen (secondary N) is 1. The van der Waals surface area contributed by atoms with E-state index in [2.05, 4.69) is 5.32 Å². The minimum Gasteiger partial charge on any atom is -0.481 e. The fourth-order valence-corrected chi connectivity index (χ4v) is 3.75. The van der Waals surface area contributed by atoms with Crippen LogP contribution in [0.4, 0.5) is 4.79 Å². The van der Waals surface area contributed by atoms with Crippen LogP contribution in [0.1, 0.15) is 32.1 Å². The molecular formula is C14H21N3O4. The van der Waals surface area contributed by atoms with Gasteiger partial charge in [0.2, 0.25) is 5.91 Å². The second-order valence-electron chi connectivity index (χ2n) is 6.34. The summed E-state index contributed by atoms with van der Waals surface area (Å²) in [6, 6.07) is -0.0375. The summed E-state index contributed by atoms with van der Waals surface area (Å²) in [5.41, 5.74) is -0.863. The number of carbonyl (C=O) groups excluding carboxylic acids is 2. The van der Waals surface area contributed by atoms with Crippen LogP contribution >= 0.6 is 0 Å². The van der Waals surface area contributed by atoms with Gasteiger partial charge in [-0.05, 0) is 12.8 Å². The molecule has 3 amide bonds. The average Bonchev–Trinajstić information content (AvgIpc) is 3.07. The molecule has 7 nitrogen and oxygen atoms in total. The van der Waals surface area contributed by atoms with Crippen LogP contribution in [0, 0.1) is 5.41 Å². The van der Waals surface area contributed by atoms with E-state index < -0.39 is 11.4 Å². The van der Waals surface area contributed by atoms with E-state index in [-0.39, 0.29) is 24.4 Å². The minimum absolute atomic E-state index is 0.0274. The Morgan fingerprint density at radius 3 is 2.67 bits per heavy atom. The van der Waals surface area contributed by atoms with E-state index in [1.807, 2.05) is 0 Å². The van der Waals surface area contributed by atoms with Crippen molar-refractivity contribution < 1.29 is 19.5 Å². The van der Waals surface area contributed by atoms with Gasteiger partial charge in [-0.1, -0.05) is 12.8 Å². The van der Waals surface area contributed by atoms with Crippen molar-refractivity contribution in [2.75, 3.05) is 26.2 Å². The van der Waals surface area contributed by atoms with Crippen LogP contribution in [0.25, 0.3) is 0 Å². The van der Waals surface area contributed by atoms with E-state index in [0.717, 1.165) is 12.8 Å². The number of fused-ring (bicyclic) bond motifs is 1. The van der Waals surface area contributed by atoms with Crippen molar-refractivity contribution in [3.63, 3.8) is 0 Å². The van der Waals surface area contributed by atoms with Crippen LogP contribution in [0.3, 0.4) is 0 Å². The quantitative estimate of drug-likeness (QED) is 0.781. The predicted molar refractivity (Wildman–Crippen MR) is 73.6 cm³/mol. The van der Waals surface area contributed by atoms with Gasteiger partial charge in [0, 0.05) is 32.6 Å². The number of carboxylic acid groups (broad SMARTS) is 1. The Balaban J connectivity index is 1.63. The van der Waals surface area contributed by atoms with E-state index in [1.54, 1.807) is 9.80 Å². The molecule has 3 rings (SSSR count). The van der Waals surface area contributed by atoms with Crippen LogP contribution in [-0.2, 0) is 9.59 Å². The second-order valence-corrected chi connectivity index (χ2v) is 6.34. The summed E-state index contributed by atoms with van der Waals surface area (Å²) in [6.07, 6.45) is 3.05. The van der Waals surface area contributed by atoms with Crippen molar-refractivity contribution in [3.05, 3.63) is 0 Å². The van der Waals surface area contributed by atoms with Crippen molar-refractivity contribution in [1.82, 2.24) is 15.1 Å². The maximum atomic E-state index is 12.5. The van der Waals surface area contributed by atoms with E-state index in [1.165, 1.54) is 0 Å². The van der Waals surface area contributed by atoms with Gasteiger partial charge in [0.05, 0.1) is 11.5 Å². The Labute approximate surface area is 123 Å². The highest BCUT2D eigenvalue weighted by Crippen LogP contribution is 2.41. The van der Waals surface area contributed by atoms with E-state index in [9.17, 15) is 19.5 Å². The molecule has 0 aromatic heterocycles. The summed E-state index contributed by atoms with van der Waals surface area (Å²) in [5, 5.41) is 12.2. The number of hydrogen-bond acceptors (Lipinski definition) is 3. The molecule has 2 saturated heterocycles. The largest absolute Gasteiger partial charge is 0.481 e. The molecule has 0 aromatic rings. The predicted octanol–water partition coefficient (Wildman–Crippen LogP) is 0.258. The first-order valence-electron chi connectivity index (χ1n) is 7.57. The average molecular weight is 295 g/mol. The lowest BCUT2D eigenvalue weighted by atomic mass is 9.82. The Kier molecular flexibility index (Phi) is 3.51. The standard InChI is InChI=1S/C14H21N3O4/c18-11(7-14(12(19)20)3-1-2-4-14)16-5-6-17-10(9-16)8-15-13(17)21/h10H,1-9H2,(H,15,21)(H,19,20). The summed E-state index contributed by atoms with van der Waals surface area (Å²) in [7, 11) is 0. The lowest BCUT2D eigenvalue weighted by molar-refractivity contribution is -0.153. The summed E-state index contributed by atoms with van der Waals surface area (Å²) in [4.78, 5) is 39.0. The molecule has 0 radical (unpaired) electrons. The Hall–Kier alpha value is -1.79. The number of amides is 3. The number of rotatable bonds is 3. The van der Waals surface area contributed by atoms with Gasteiger partial charge in [-0.25, -0.2) is 4.79 Å². The molecule has 21 heavy (non-hydrogen) atoms. The summed E-state index contributed by atoms with van der Waals surface area (Å²) >= 11 is 0. The molecule has 2 heterocycles. The smallest absolute Gasteiger partial charge is 0.317 e. The zero-order valence-corrected chi connectivity index (χ0v) is 12.0. The monoisotopic (exact) mass is 295 g/mol. The molecule has 3 aliphatic rings. The molecule has 1 atom stereocenters. The highest BCUT2D eigenvalue weighted by molar-refractivity contribution is 5.85. The van der Waals surface area contributed by atoms with Crippen molar-refractivity contribution in [2.24, 2.45) is 5.41 Å². The van der Waals surface area contributed by atoms with Gasteiger partial charge in [0.1, 0.15) is 0 Å². The first-order valence-corrected chi connectivity index (χ1v) is 7.57. The molecule has 1 unspecified atom stereocenters. The maximum Gasteiger partial charge on any atom is 0.317 e. The van der Waals surface area contributed by atoms with Gasteiger partial charge in [-0.3, -0.25) is 9.59 Å². The highest BCUT2D eigenvalue weighted by Gasteiger charge is 2.45. The van der Waals surface area contributed by atoms with Crippen LogP contribution in [0.5, 0.6) is 0 Å². The SMILES string of the molecule is O=C(CC1(C(=O)O)CCCC1)N1CCN2C(=O)NCC2C1. The number of piperazine rings is 1. The lowest BCUT2D eigenvalue weighted by Crippen LogP contribution is -2.54. The fraction of sp³-hybridized carbons (Fsp3) is 0.786. The third-order valence-electron chi connectivity index (χ3n) is 5.09. The highest BCUT2D eigenvalue weighted by atomic mass is 16.4. The van der Waals surface area contributed by atoms with Crippen LogP contribution in [0.15, 0.2) is 0 Å². The molecule has 2 aliphatic heterocycles. The van der Waals surface area contributed by atoms with Gasteiger partial charge in [0.25, 0.3) is 0 Å². The molecule has 0 spiro atoms. The molecule has 1 aliphatic carbocycles. The zero-order valence-electron chi connectivity index (χ0n) is 12.0. The number of carbonyl (C=O) groups is 3. The first kappa shape index (κ1) is 14.2. The van der Waals surface area contributed by atoms with Gasteiger partial charge < -0.3 is 20.2 Å². The first-order chi connectivity index (χ1) is 10.0. The topological polar surface area (TPSA) is 90.0 Å². The molecular weight excluding hydrogens is 274 g/mol. The lowest BCUT2D eigenvalue weighted by Gasteiger charge is -2.37. The van der Waals surface area contributed by atoms with Crippen molar-refractivity contribution in [1.29, 1.82) is 0 Å². The maximum absolute atomic E-state index is 12.5. The Morgan fingerprint density at radius 1 is 1.29 bits per heavy atom. The molecule has 3 fully saturated rings. The van der Waals surface area contributed by atoms with Gasteiger partial charge in [-0.15, -0.1) is 0 Å². The molecule has 0 aromatic carbocycles. The van der Waals surface area contributed by atoms with E-state index in [0.29, 0.717) is 39.0 Å². The van der Waals surface area contributed by atoms with Gasteiger partial charge in [-0.2, -0.15) is 0 Å². The Bertz CT molecular complexity index is 473. The number of carboxylic acids is 1. The zero-order chi connectivity index (χ0) is 15.0. The Morgan fingerprint density at radius 2 is 2.00 bits per heavy atom. The molecule has 7 heteroatoms. The molecule has 1 saturated carbocycles. The van der Waals surface area contributed by atoms with Gasteiger partial charge >= 0.3 is 12.0 Å². The van der Waals surface area contributed by atoms with Crippen LogP contribution in [-0.4, -0.2) is 65.0 Å². The molecule has 0 bridgehead atoms. The molecule has 2 N–H and O–H groups in total. The summed E-state index contributed by atoms with van der Waals surface area (Å²) < 4.78 is 0. The van der Waals surface area contributed by atoms with Gasteiger partial charge in [0.15, 0.2) is 0 Å². The van der Waals surface area contributed by atoms with E-state index in [4.69, 9.17) is 0 Å². The summed E-state index contributed by atoms with van der Waals surface area (Å²) in [6.45, 7) is 2.10. The fourth-order valence-electron chi connectivity index (χ4n) is 3.75. The summed E-state index contributed by atoms with van der Waals surface area (Å²) in [5.74, 6) is -0.928. The van der Waals surface area contributed by atoms with Crippen LogP contribution < -0.4 is 5.32 Å². The number of hydrogen-bond donors (Lipinski definition) is 2.